The summed E-state index contributed by atoms with van der Waals surface area (Å²) < 4.78 is 15.6. The van der Waals surface area contributed by atoms with Gasteiger partial charge >= 0.3 is 0 Å². The average molecular weight is 430 g/mol. The second kappa shape index (κ2) is 7.43. The quantitative estimate of drug-likeness (QED) is 0.809. The number of hydrogen-bond donors (Lipinski definition) is 1. The predicted octanol–water partition coefficient (Wildman–Crippen LogP) is 3.44. The van der Waals surface area contributed by atoms with Gasteiger partial charge < -0.3 is 5.32 Å². The van der Waals surface area contributed by atoms with E-state index in [9.17, 15) is 9.18 Å². The minimum atomic E-state index is -0.398. The molecule has 1 aromatic heterocycles. The smallest absolute Gasteiger partial charge is 0.282 e. The zero-order valence-corrected chi connectivity index (χ0v) is 16.3. The van der Waals surface area contributed by atoms with E-state index >= 15 is 0 Å². The number of nitrogens with zero attached hydrogens (tertiary/aromatic N) is 3. The van der Waals surface area contributed by atoms with Crippen molar-refractivity contribution in [2.24, 2.45) is 13.0 Å². The first kappa shape index (κ1) is 18.4. The number of benzene rings is 1. The van der Waals surface area contributed by atoms with E-state index in [-0.39, 0.29) is 22.5 Å². The third-order valence-corrected chi connectivity index (χ3v) is 5.76. The summed E-state index contributed by atoms with van der Waals surface area (Å²) in [7, 11) is 3.64. The monoisotopic (exact) mass is 428 g/mol. The van der Waals surface area contributed by atoms with Gasteiger partial charge in [0, 0.05) is 19.6 Å². The van der Waals surface area contributed by atoms with Gasteiger partial charge in [-0.25, -0.2) is 9.07 Å². The summed E-state index contributed by atoms with van der Waals surface area (Å²) in [6, 6.07) is 5.08. The highest BCUT2D eigenvalue weighted by molar-refractivity contribution is 9.10. The third kappa shape index (κ3) is 3.73. The van der Waals surface area contributed by atoms with E-state index in [2.05, 4.69) is 31.2 Å². The topological polar surface area (TPSA) is 50.2 Å². The number of halogens is 3. The summed E-state index contributed by atoms with van der Waals surface area (Å²) in [6.07, 6.45) is 2.61. The molecule has 3 rings (SSSR count). The van der Waals surface area contributed by atoms with Crippen LogP contribution in [0.2, 0.25) is 5.02 Å². The summed E-state index contributed by atoms with van der Waals surface area (Å²) in [5.74, 6) is -0.119. The Kier molecular flexibility index (Phi) is 5.46. The number of rotatable bonds is 4. The highest BCUT2D eigenvalue weighted by atomic mass is 79.9. The molecule has 1 aromatic carbocycles. The first-order chi connectivity index (χ1) is 11.9. The minimum absolute atomic E-state index is 0.0950. The van der Waals surface area contributed by atoms with Gasteiger partial charge in [-0.2, -0.15) is 5.10 Å². The van der Waals surface area contributed by atoms with Gasteiger partial charge in [-0.3, -0.25) is 9.69 Å². The van der Waals surface area contributed by atoms with Crippen molar-refractivity contribution >= 4 is 33.2 Å². The van der Waals surface area contributed by atoms with Gasteiger partial charge in [0.15, 0.2) is 0 Å². The molecule has 0 saturated carbocycles. The molecule has 25 heavy (non-hydrogen) atoms. The Morgan fingerprint density at radius 3 is 2.92 bits per heavy atom. The molecule has 134 valence electrons. The molecule has 2 heterocycles. The predicted molar refractivity (Wildman–Crippen MR) is 101 cm³/mol. The lowest BCUT2D eigenvalue weighted by molar-refractivity contribution is 0.281. The summed E-state index contributed by atoms with van der Waals surface area (Å²) in [4.78, 5) is 14.2. The molecule has 2 unspecified atom stereocenters. The van der Waals surface area contributed by atoms with Gasteiger partial charge in [0.1, 0.15) is 10.3 Å². The molecule has 1 aliphatic rings. The largest absolute Gasteiger partial charge is 0.382 e. The lowest BCUT2D eigenvalue weighted by atomic mass is 9.93. The van der Waals surface area contributed by atoms with E-state index in [1.54, 1.807) is 19.3 Å². The molecular weight excluding hydrogens is 411 g/mol. The highest BCUT2D eigenvalue weighted by Crippen LogP contribution is 2.37. The van der Waals surface area contributed by atoms with Crippen LogP contribution in [0.5, 0.6) is 0 Å². The van der Waals surface area contributed by atoms with E-state index in [1.165, 1.54) is 10.7 Å². The van der Waals surface area contributed by atoms with Gasteiger partial charge in [-0.15, -0.1) is 0 Å². The molecule has 1 N–H and O–H groups in total. The van der Waals surface area contributed by atoms with Gasteiger partial charge in [0.25, 0.3) is 5.56 Å². The molecule has 1 aliphatic heterocycles. The molecule has 0 amide bonds. The number of nitrogens with one attached hydrogen (secondary N) is 1. The number of likely N-dealkylation sites (tertiary alicyclic amines) is 1. The van der Waals surface area contributed by atoms with Crippen LogP contribution >= 0.6 is 27.5 Å². The molecule has 1 fully saturated rings. The van der Waals surface area contributed by atoms with Gasteiger partial charge in [0.05, 0.1) is 16.9 Å². The Bertz CT molecular complexity index is 844. The van der Waals surface area contributed by atoms with Crippen molar-refractivity contribution in [1.82, 2.24) is 14.7 Å². The lowest BCUT2D eigenvalue weighted by Gasteiger charge is -2.26. The van der Waals surface area contributed by atoms with Crippen molar-refractivity contribution in [1.29, 1.82) is 0 Å². The van der Waals surface area contributed by atoms with Crippen LogP contribution in [0.25, 0.3) is 0 Å². The summed E-state index contributed by atoms with van der Waals surface area (Å²) in [6.45, 7) is 1.59. The standard InChI is InChI=1S/C17H19BrClFN4O/c1-23-6-5-11(16(23)10-3-4-12(19)13(20)7-10)8-21-14-9-22-24(2)17(25)15(14)18/h3-4,7,9,11,16,21H,5-6,8H2,1-2H3. The van der Waals surface area contributed by atoms with E-state index in [0.717, 1.165) is 18.5 Å². The van der Waals surface area contributed by atoms with Crippen LogP contribution in [0.4, 0.5) is 10.1 Å². The average Bonchev–Trinajstić information content (AvgIpc) is 2.95. The molecular formula is C17H19BrClFN4O. The zero-order valence-electron chi connectivity index (χ0n) is 14.0. The molecule has 8 heteroatoms. The number of aryl methyl sites for hydroxylation is 1. The van der Waals surface area contributed by atoms with Crippen LogP contribution in [-0.4, -0.2) is 34.8 Å². The number of aromatic nitrogens is 2. The Morgan fingerprint density at radius 1 is 1.44 bits per heavy atom. The van der Waals surface area contributed by atoms with Crippen molar-refractivity contribution in [3.05, 3.63) is 55.6 Å². The first-order valence-corrected chi connectivity index (χ1v) is 9.16. The van der Waals surface area contributed by atoms with Crippen molar-refractivity contribution in [2.45, 2.75) is 12.5 Å². The summed E-state index contributed by atoms with van der Waals surface area (Å²) in [5, 5.41) is 7.47. The van der Waals surface area contributed by atoms with Crippen LogP contribution < -0.4 is 10.9 Å². The molecule has 5 nitrogen and oxygen atoms in total. The molecule has 0 radical (unpaired) electrons. The Morgan fingerprint density at radius 2 is 2.20 bits per heavy atom. The van der Waals surface area contributed by atoms with E-state index in [0.29, 0.717) is 16.7 Å². The number of hydrogen-bond acceptors (Lipinski definition) is 4. The van der Waals surface area contributed by atoms with Gasteiger partial charge in [-0.05, 0) is 59.6 Å². The summed E-state index contributed by atoms with van der Waals surface area (Å²) >= 11 is 9.12. The Balaban J connectivity index is 1.78. The molecule has 2 aromatic rings. The van der Waals surface area contributed by atoms with Crippen LogP contribution in [-0.2, 0) is 7.05 Å². The van der Waals surface area contributed by atoms with Crippen LogP contribution in [0.1, 0.15) is 18.0 Å². The minimum Gasteiger partial charge on any atom is -0.382 e. The van der Waals surface area contributed by atoms with Crippen LogP contribution in [0, 0.1) is 11.7 Å². The second-order valence-electron chi connectivity index (χ2n) is 6.33. The van der Waals surface area contributed by atoms with Crippen LogP contribution in [0.15, 0.2) is 33.7 Å². The number of anilines is 1. The summed E-state index contributed by atoms with van der Waals surface area (Å²) in [5.41, 5.74) is 1.39. The Labute approximate surface area is 158 Å². The van der Waals surface area contributed by atoms with E-state index in [1.807, 2.05) is 13.1 Å². The van der Waals surface area contributed by atoms with E-state index < -0.39 is 5.82 Å². The van der Waals surface area contributed by atoms with Crippen molar-refractivity contribution < 1.29 is 4.39 Å². The van der Waals surface area contributed by atoms with Crippen molar-refractivity contribution in [2.75, 3.05) is 25.5 Å². The van der Waals surface area contributed by atoms with Crippen LogP contribution in [0.3, 0.4) is 0 Å². The fourth-order valence-corrected chi connectivity index (χ4v) is 3.95. The molecule has 2 atom stereocenters. The maximum absolute atomic E-state index is 13.9. The molecule has 0 aliphatic carbocycles. The third-order valence-electron chi connectivity index (χ3n) is 4.69. The fourth-order valence-electron chi connectivity index (χ4n) is 3.34. The Hall–Kier alpha value is -1.44. The fraction of sp³-hybridized carbons (Fsp3) is 0.412. The van der Waals surface area contributed by atoms with Gasteiger partial charge in [0.2, 0.25) is 0 Å². The molecule has 1 saturated heterocycles. The maximum Gasteiger partial charge on any atom is 0.282 e. The maximum atomic E-state index is 13.9. The van der Waals surface area contributed by atoms with Crippen molar-refractivity contribution in [3.8, 4) is 0 Å². The molecule has 0 bridgehead atoms. The normalized spacial score (nSPS) is 20.8. The highest BCUT2D eigenvalue weighted by Gasteiger charge is 2.33. The lowest BCUT2D eigenvalue weighted by Crippen LogP contribution is -2.26. The molecule has 0 spiro atoms. The SMILES string of the molecule is CN1CCC(CNc2cnn(C)c(=O)c2Br)C1c1ccc(Cl)c(F)c1. The van der Waals surface area contributed by atoms with E-state index in [4.69, 9.17) is 11.6 Å². The second-order valence-corrected chi connectivity index (χ2v) is 7.53. The zero-order chi connectivity index (χ0) is 18.1. The van der Waals surface area contributed by atoms with Gasteiger partial charge in [-0.1, -0.05) is 17.7 Å². The first-order valence-electron chi connectivity index (χ1n) is 7.99. The van der Waals surface area contributed by atoms with Crippen molar-refractivity contribution in [3.63, 3.8) is 0 Å².